The number of ether oxygens (including phenoxy) is 2. The SMILES string of the molecule is CCOc1ccc(-n2c(SCC(=O)N/N=C(\C)c3ccc(OC)cc3)nnc2-c2ccc(Cl)cc2)cc1. The molecule has 0 aliphatic rings. The van der Waals surface area contributed by atoms with E-state index in [1.165, 1.54) is 11.8 Å². The second-order valence-corrected chi connectivity index (χ2v) is 9.20. The smallest absolute Gasteiger partial charge is 0.250 e. The number of hydrogen-bond donors (Lipinski definition) is 1. The standard InChI is InChI=1S/C27H26ClN5O3S/c1-4-36-24-15-11-22(12-16-24)33-26(20-5-9-21(28)10-6-20)31-32-27(33)37-17-25(34)30-29-18(2)19-7-13-23(35-3)14-8-19/h5-16H,4,17H2,1-3H3,(H,30,34)/b29-18+. The molecule has 4 aromatic rings. The largest absolute Gasteiger partial charge is 0.497 e. The van der Waals surface area contributed by atoms with Crippen molar-refractivity contribution in [2.24, 2.45) is 5.10 Å². The Bertz CT molecular complexity index is 1370. The summed E-state index contributed by atoms with van der Waals surface area (Å²) in [6, 6.07) is 22.5. The first-order valence-corrected chi connectivity index (χ1v) is 12.9. The van der Waals surface area contributed by atoms with E-state index in [2.05, 4.69) is 20.7 Å². The molecule has 0 saturated carbocycles. The van der Waals surface area contributed by atoms with E-state index in [-0.39, 0.29) is 11.7 Å². The molecule has 0 fully saturated rings. The van der Waals surface area contributed by atoms with E-state index in [1.807, 2.05) is 79.1 Å². The maximum atomic E-state index is 12.6. The van der Waals surface area contributed by atoms with E-state index in [0.29, 0.717) is 28.3 Å². The number of benzene rings is 3. The van der Waals surface area contributed by atoms with Gasteiger partial charge in [-0.2, -0.15) is 5.10 Å². The monoisotopic (exact) mass is 535 g/mol. The minimum Gasteiger partial charge on any atom is -0.497 e. The van der Waals surface area contributed by atoms with Crippen molar-refractivity contribution < 1.29 is 14.3 Å². The van der Waals surface area contributed by atoms with Crippen molar-refractivity contribution in [1.29, 1.82) is 0 Å². The minimum atomic E-state index is -0.257. The van der Waals surface area contributed by atoms with Crippen molar-refractivity contribution in [3.8, 4) is 28.6 Å². The Hall–Kier alpha value is -3.82. The number of nitrogens with one attached hydrogen (secondary N) is 1. The molecule has 1 aromatic heterocycles. The second kappa shape index (κ2) is 12.4. The number of thioether (sulfide) groups is 1. The summed E-state index contributed by atoms with van der Waals surface area (Å²) in [5.41, 5.74) is 5.87. The van der Waals surface area contributed by atoms with E-state index >= 15 is 0 Å². The number of amides is 1. The maximum absolute atomic E-state index is 12.6. The number of carbonyl (C=O) groups is 1. The Kier molecular flexibility index (Phi) is 8.81. The van der Waals surface area contributed by atoms with Gasteiger partial charge in [-0.05, 0) is 92.2 Å². The van der Waals surface area contributed by atoms with Crippen molar-refractivity contribution in [1.82, 2.24) is 20.2 Å². The normalized spacial score (nSPS) is 11.3. The maximum Gasteiger partial charge on any atom is 0.250 e. The molecule has 37 heavy (non-hydrogen) atoms. The third-order valence-electron chi connectivity index (χ3n) is 5.33. The summed E-state index contributed by atoms with van der Waals surface area (Å²) in [5.74, 6) is 2.01. The zero-order valence-corrected chi connectivity index (χ0v) is 22.2. The molecular weight excluding hydrogens is 510 g/mol. The van der Waals surface area contributed by atoms with Crippen LogP contribution in [-0.2, 0) is 4.79 Å². The summed E-state index contributed by atoms with van der Waals surface area (Å²) < 4.78 is 12.7. The highest BCUT2D eigenvalue weighted by molar-refractivity contribution is 7.99. The number of methoxy groups -OCH3 is 1. The van der Waals surface area contributed by atoms with Crippen LogP contribution in [0.15, 0.2) is 83.1 Å². The van der Waals surface area contributed by atoms with Gasteiger partial charge in [0.2, 0.25) is 0 Å². The topological polar surface area (TPSA) is 90.6 Å². The summed E-state index contributed by atoms with van der Waals surface area (Å²) in [6.07, 6.45) is 0. The number of hydrogen-bond acceptors (Lipinski definition) is 7. The van der Waals surface area contributed by atoms with E-state index in [0.717, 1.165) is 28.3 Å². The molecule has 0 atom stereocenters. The van der Waals surface area contributed by atoms with Crippen LogP contribution in [0.5, 0.6) is 11.5 Å². The quantitative estimate of drug-likeness (QED) is 0.161. The number of rotatable bonds is 10. The van der Waals surface area contributed by atoms with Gasteiger partial charge < -0.3 is 9.47 Å². The number of nitrogens with zero attached hydrogens (tertiary/aromatic N) is 4. The molecule has 0 spiro atoms. The van der Waals surface area contributed by atoms with E-state index < -0.39 is 0 Å². The van der Waals surface area contributed by atoms with Gasteiger partial charge in [-0.15, -0.1) is 10.2 Å². The lowest BCUT2D eigenvalue weighted by molar-refractivity contribution is -0.118. The Morgan fingerprint density at radius 2 is 1.68 bits per heavy atom. The Labute approximate surface area is 224 Å². The molecule has 1 heterocycles. The Morgan fingerprint density at radius 1 is 1.00 bits per heavy atom. The molecular formula is C27H26ClN5O3S. The van der Waals surface area contributed by atoms with Crippen LogP contribution in [0.25, 0.3) is 17.1 Å². The van der Waals surface area contributed by atoms with Crippen LogP contribution in [0, 0.1) is 0 Å². The van der Waals surface area contributed by atoms with Crippen molar-refractivity contribution in [2.75, 3.05) is 19.5 Å². The van der Waals surface area contributed by atoms with Crippen LogP contribution in [0.4, 0.5) is 0 Å². The number of aromatic nitrogens is 3. The first-order chi connectivity index (χ1) is 18.0. The number of carbonyl (C=O) groups excluding carboxylic acids is 1. The molecule has 0 bridgehead atoms. The highest BCUT2D eigenvalue weighted by Crippen LogP contribution is 2.29. The van der Waals surface area contributed by atoms with E-state index in [1.54, 1.807) is 19.2 Å². The summed E-state index contributed by atoms with van der Waals surface area (Å²) >= 11 is 7.35. The fourth-order valence-corrected chi connectivity index (χ4v) is 4.32. The fraction of sp³-hybridized carbons (Fsp3) is 0.185. The molecule has 190 valence electrons. The van der Waals surface area contributed by atoms with Crippen molar-refractivity contribution >= 4 is 35.0 Å². The van der Waals surface area contributed by atoms with Gasteiger partial charge in [-0.25, -0.2) is 5.43 Å². The zero-order chi connectivity index (χ0) is 26.2. The molecule has 0 unspecified atom stereocenters. The summed E-state index contributed by atoms with van der Waals surface area (Å²) in [4.78, 5) is 12.6. The van der Waals surface area contributed by atoms with Gasteiger partial charge in [-0.3, -0.25) is 9.36 Å². The molecule has 1 N–H and O–H groups in total. The fourth-order valence-electron chi connectivity index (χ4n) is 3.45. The Morgan fingerprint density at radius 3 is 2.32 bits per heavy atom. The molecule has 0 radical (unpaired) electrons. The average Bonchev–Trinajstić information content (AvgIpc) is 3.35. The predicted molar refractivity (Wildman–Crippen MR) is 147 cm³/mol. The van der Waals surface area contributed by atoms with Gasteiger partial charge in [0, 0.05) is 16.3 Å². The van der Waals surface area contributed by atoms with Crippen LogP contribution >= 0.6 is 23.4 Å². The molecule has 1 amide bonds. The molecule has 10 heteroatoms. The van der Waals surface area contributed by atoms with Crippen LogP contribution in [-0.4, -0.2) is 45.9 Å². The van der Waals surface area contributed by atoms with E-state index in [9.17, 15) is 4.79 Å². The van der Waals surface area contributed by atoms with Crippen LogP contribution in [0.1, 0.15) is 19.4 Å². The number of hydrazone groups is 1. The summed E-state index contributed by atoms with van der Waals surface area (Å²) in [6.45, 7) is 4.35. The van der Waals surface area contributed by atoms with Gasteiger partial charge in [0.1, 0.15) is 11.5 Å². The average molecular weight is 536 g/mol. The van der Waals surface area contributed by atoms with Gasteiger partial charge in [0.05, 0.1) is 25.2 Å². The lowest BCUT2D eigenvalue weighted by Gasteiger charge is -2.11. The van der Waals surface area contributed by atoms with Crippen molar-refractivity contribution in [3.63, 3.8) is 0 Å². The molecule has 0 saturated heterocycles. The van der Waals surface area contributed by atoms with E-state index in [4.69, 9.17) is 21.1 Å². The minimum absolute atomic E-state index is 0.106. The van der Waals surface area contributed by atoms with Crippen molar-refractivity contribution in [3.05, 3.63) is 83.4 Å². The zero-order valence-electron chi connectivity index (χ0n) is 20.6. The lowest BCUT2D eigenvalue weighted by Crippen LogP contribution is -2.21. The van der Waals surface area contributed by atoms with Crippen LogP contribution in [0.2, 0.25) is 5.02 Å². The first-order valence-electron chi connectivity index (χ1n) is 11.5. The molecule has 8 nitrogen and oxygen atoms in total. The van der Waals surface area contributed by atoms with Crippen LogP contribution in [0.3, 0.4) is 0 Å². The second-order valence-electron chi connectivity index (χ2n) is 7.82. The summed E-state index contributed by atoms with van der Waals surface area (Å²) in [5, 5.41) is 14.2. The molecule has 0 aliphatic heterocycles. The van der Waals surface area contributed by atoms with Gasteiger partial charge >= 0.3 is 0 Å². The highest BCUT2D eigenvalue weighted by atomic mass is 35.5. The van der Waals surface area contributed by atoms with Gasteiger partial charge in [-0.1, -0.05) is 23.4 Å². The lowest BCUT2D eigenvalue weighted by atomic mass is 10.1. The molecule has 4 rings (SSSR count). The Balaban J connectivity index is 1.52. The van der Waals surface area contributed by atoms with Gasteiger partial charge in [0.15, 0.2) is 11.0 Å². The summed E-state index contributed by atoms with van der Waals surface area (Å²) in [7, 11) is 1.61. The van der Waals surface area contributed by atoms with Crippen molar-refractivity contribution in [2.45, 2.75) is 19.0 Å². The molecule has 3 aromatic carbocycles. The first kappa shape index (κ1) is 26.2. The highest BCUT2D eigenvalue weighted by Gasteiger charge is 2.17. The van der Waals surface area contributed by atoms with Gasteiger partial charge in [0.25, 0.3) is 5.91 Å². The number of halogens is 1. The predicted octanol–water partition coefficient (Wildman–Crippen LogP) is 5.63. The molecule has 0 aliphatic carbocycles. The third kappa shape index (κ3) is 6.69. The third-order valence-corrected chi connectivity index (χ3v) is 6.51. The van der Waals surface area contributed by atoms with Crippen LogP contribution < -0.4 is 14.9 Å².